The Morgan fingerprint density at radius 1 is 1.24 bits per heavy atom. The molecule has 0 spiro atoms. The molecule has 0 bridgehead atoms. The second kappa shape index (κ2) is 7.31. The molecule has 0 aromatic heterocycles. The van der Waals surface area contributed by atoms with E-state index in [-0.39, 0.29) is 18.6 Å². The molecule has 0 heterocycles. The van der Waals surface area contributed by atoms with Crippen LogP contribution in [0.3, 0.4) is 0 Å². The summed E-state index contributed by atoms with van der Waals surface area (Å²) in [6.07, 6.45) is 3.74. The Morgan fingerprint density at radius 3 is 2.24 bits per heavy atom. The summed E-state index contributed by atoms with van der Waals surface area (Å²) in [6, 6.07) is 0.741. The quantitative estimate of drug-likeness (QED) is 0.522. The molecule has 1 fully saturated rings. The fraction of sp³-hybridized carbons (Fsp3) is 1.00. The number of nitrogens with one attached hydrogen (secondary N) is 1. The van der Waals surface area contributed by atoms with E-state index in [1.807, 2.05) is 0 Å². The van der Waals surface area contributed by atoms with Gasteiger partial charge in [-0.2, -0.15) is 0 Å². The highest BCUT2D eigenvalue weighted by Crippen LogP contribution is 2.25. The van der Waals surface area contributed by atoms with Crippen LogP contribution < -0.4 is 5.32 Å². The third-order valence-corrected chi connectivity index (χ3v) is 3.69. The van der Waals surface area contributed by atoms with Gasteiger partial charge in [0.2, 0.25) is 0 Å². The van der Waals surface area contributed by atoms with Crippen LogP contribution >= 0.6 is 0 Å². The molecule has 0 radical (unpaired) electrons. The van der Waals surface area contributed by atoms with E-state index >= 15 is 0 Å². The molecule has 1 saturated carbocycles. The average molecular weight is 244 g/mol. The van der Waals surface area contributed by atoms with Crippen molar-refractivity contribution in [3.8, 4) is 0 Å². The van der Waals surface area contributed by atoms with E-state index in [0.29, 0.717) is 13.1 Å². The van der Waals surface area contributed by atoms with Gasteiger partial charge in [0, 0.05) is 32.2 Å². The highest BCUT2D eigenvalue weighted by Gasteiger charge is 2.28. The highest BCUT2D eigenvalue weighted by molar-refractivity contribution is 4.86. The summed E-state index contributed by atoms with van der Waals surface area (Å²) in [6.45, 7) is 8.09. The average Bonchev–Trinajstić information content (AvgIpc) is 3.11. The lowest BCUT2D eigenvalue weighted by molar-refractivity contribution is 0.108. The van der Waals surface area contributed by atoms with Crippen molar-refractivity contribution >= 4 is 0 Å². The number of hydrogen-bond acceptors (Lipinski definition) is 4. The zero-order chi connectivity index (χ0) is 12.7. The summed E-state index contributed by atoms with van der Waals surface area (Å²) in [5, 5.41) is 21.6. The highest BCUT2D eigenvalue weighted by atomic mass is 16.3. The zero-order valence-corrected chi connectivity index (χ0v) is 11.3. The molecule has 0 amide bonds. The van der Waals surface area contributed by atoms with Crippen LogP contribution in [0.2, 0.25) is 0 Å². The molecule has 0 aliphatic heterocycles. The number of rotatable bonds is 10. The van der Waals surface area contributed by atoms with Crippen molar-refractivity contribution in [2.45, 2.75) is 39.2 Å². The van der Waals surface area contributed by atoms with Crippen LogP contribution in [0.5, 0.6) is 0 Å². The molecule has 0 saturated heterocycles. The number of aliphatic hydroxyl groups excluding tert-OH is 2. The molecule has 1 atom stereocenters. The minimum atomic E-state index is 0.163. The number of nitrogens with zero attached hydrogens (tertiary/aromatic N) is 1. The SMILES string of the molecule is CCC(C)(CNC1CC1)CN(CCO)CCO. The van der Waals surface area contributed by atoms with Crippen molar-refractivity contribution in [1.29, 1.82) is 0 Å². The molecule has 1 aliphatic rings. The first-order valence-electron chi connectivity index (χ1n) is 6.81. The predicted molar refractivity (Wildman–Crippen MR) is 70.0 cm³/mol. The van der Waals surface area contributed by atoms with E-state index in [0.717, 1.165) is 25.6 Å². The molecule has 3 N–H and O–H groups in total. The van der Waals surface area contributed by atoms with E-state index in [2.05, 4.69) is 24.1 Å². The van der Waals surface area contributed by atoms with E-state index in [9.17, 15) is 0 Å². The molecule has 1 rings (SSSR count). The molecule has 1 unspecified atom stereocenters. The summed E-state index contributed by atoms with van der Waals surface area (Å²) in [5.41, 5.74) is 0.229. The van der Waals surface area contributed by atoms with Crippen LogP contribution in [0.4, 0.5) is 0 Å². The second-order valence-electron chi connectivity index (χ2n) is 5.54. The minimum Gasteiger partial charge on any atom is -0.395 e. The molecule has 102 valence electrons. The maximum atomic E-state index is 9.02. The lowest BCUT2D eigenvalue weighted by Crippen LogP contribution is -2.44. The number of aliphatic hydroxyl groups is 2. The van der Waals surface area contributed by atoms with Gasteiger partial charge in [0.05, 0.1) is 13.2 Å². The van der Waals surface area contributed by atoms with Gasteiger partial charge >= 0.3 is 0 Å². The van der Waals surface area contributed by atoms with Gasteiger partial charge < -0.3 is 15.5 Å². The summed E-state index contributed by atoms with van der Waals surface area (Å²) in [4.78, 5) is 2.15. The Hall–Kier alpha value is -0.160. The van der Waals surface area contributed by atoms with E-state index in [4.69, 9.17) is 10.2 Å². The maximum absolute atomic E-state index is 9.02. The van der Waals surface area contributed by atoms with Gasteiger partial charge in [-0.1, -0.05) is 13.8 Å². The van der Waals surface area contributed by atoms with Crippen molar-refractivity contribution in [3.63, 3.8) is 0 Å². The van der Waals surface area contributed by atoms with Crippen LogP contribution in [-0.4, -0.2) is 60.5 Å². The molecular weight excluding hydrogens is 216 g/mol. The van der Waals surface area contributed by atoms with Crippen LogP contribution in [-0.2, 0) is 0 Å². The Kier molecular flexibility index (Phi) is 6.41. The minimum absolute atomic E-state index is 0.163. The van der Waals surface area contributed by atoms with Crippen LogP contribution in [0.1, 0.15) is 33.1 Å². The van der Waals surface area contributed by atoms with Crippen molar-refractivity contribution in [3.05, 3.63) is 0 Å². The van der Waals surface area contributed by atoms with Crippen molar-refractivity contribution < 1.29 is 10.2 Å². The monoisotopic (exact) mass is 244 g/mol. The van der Waals surface area contributed by atoms with Crippen molar-refractivity contribution in [1.82, 2.24) is 10.2 Å². The Morgan fingerprint density at radius 2 is 1.82 bits per heavy atom. The maximum Gasteiger partial charge on any atom is 0.0558 e. The Labute approximate surface area is 105 Å². The third kappa shape index (κ3) is 5.82. The Bertz CT molecular complexity index is 204. The fourth-order valence-corrected chi connectivity index (χ4v) is 2.06. The van der Waals surface area contributed by atoms with Crippen LogP contribution in [0, 0.1) is 5.41 Å². The van der Waals surface area contributed by atoms with Gasteiger partial charge in [-0.15, -0.1) is 0 Å². The predicted octanol–water partition coefficient (Wildman–Crippen LogP) is 0.441. The Balaban J connectivity index is 2.38. The van der Waals surface area contributed by atoms with Gasteiger partial charge in [0.15, 0.2) is 0 Å². The van der Waals surface area contributed by atoms with E-state index < -0.39 is 0 Å². The first-order valence-corrected chi connectivity index (χ1v) is 6.81. The normalized spacial score (nSPS) is 19.6. The summed E-state index contributed by atoms with van der Waals surface area (Å²) < 4.78 is 0. The molecule has 0 aromatic carbocycles. The lowest BCUT2D eigenvalue weighted by Gasteiger charge is -2.34. The summed E-state index contributed by atoms with van der Waals surface area (Å²) in [7, 11) is 0. The van der Waals surface area contributed by atoms with Crippen molar-refractivity contribution in [2.24, 2.45) is 5.41 Å². The molecule has 4 nitrogen and oxygen atoms in total. The first-order chi connectivity index (χ1) is 8.13. The van der Waals surface area contributed by atoms with E-state index in [1.165, 1.54) is 12.8 Å². The largest absolute Gasteiger partial charge is 0.395 e. The number of hydrogen-bond donors (Lipinski definition) is 3. The van der Waals surface area contributed by atoms with Gasteiger partial charge in [-0.05, 0) is 24.7 Å². The lowest BCUT2D eigenvalue weighted by atomic mass is 9.86. The molecule has 4 heteroatoms. The second-order valence-corrected chi connectivity index (χ2v) is 5.54. The molecule has 1 aliphatic carbocycles. The van der Waals surface area contributed by atoms with Gasteiger partial charge in [0.25, 0.3) is 0 Å². The van der Waals surface area contributed by atoms with Crippen LogP contribution in [0.25, 0.3) is 0 Å². The van der Waals surface area contributed by atoms with Gasteiger partial charge in [-0.25, -0.2) is 0 Å². The zero-order valence-electron chi connectivity index (χ0n) is 11.3. The summed E-state index contributed by atoms with van der Waals surface area (Å²) >= 11 is 0. The summed E-state index contributed by atoms with van der Waals surface area (Å²) in [5.74, 6) is 0. The molecular formula is C13H28N2O2. The topological polar surface area (TPSA) is 55.7 Å². The molecule has 17 heavy (non-hydrogen) atoms. The third-order valence-electron chi connectivity index (χ3n) is 3.69. The standard InChI is InChI=1S/C13H28N2O2/c1-3-13(2,10-14-12-4-5-12)11-15(6-8-16)7-9-17/h12,14,16-17H,3-11H2,1-2H3. The van der Waals surface area contributed by atoms with E-state index in [1.54, 1.807) is 0 Å². The smallest absolute Gasteiger partial charge is 0.0558 e. The van der Waals surface area contributed by atoms with Gasteiger partial charge in [0.1, 0.15) is 0 Å². The van der Waals surface area contributed by atoms with Crippen molar-refractivity contribution in [2.75, 3.05) is 39.4 Å². The molecule has 0 aromatic rings. The fourth-order valence-electron chi connectivity index (χ4n) is 2.06. The van der Waals surface area contributed by atoms with Gasteiger partial charge in [-0.3, -0.25) is 4.90 Å². The van der Waals surface area contributed by atoms with Crippen LogP contribution in [0.15, 0.2) is 0 Å². The first kappa shape index (κ1) is 14.9.